The number of carbonyl (C=O) groups excluding carboxylic acids is 1. The van der Waals surface area contributed by atoms with Gasteiger partial charge in [0.2, 0.25) is 10.0 Å². The smallest absolute Gasteiger partial charge is 0.253 e. The highest BCUT2D eigenvalue weighted by Gasteiger charge is 2.18. The first-order chi connectivity index (χ1) is 10.8. The van der Waals surface area contributed by atoms with Crippen LogP contribution < -0.4 is 10.0 Å². The Hall–Kier alpha value is -1.27. The van der Waals surface area contributed by atoms with Crippen LogP contribution >= 0.6 is 11.6 Å². The molecule has 0 heterocycles. The minimum absolute atomic E-state index is 0.158. The minimum Gasteiger partial charge on any atom is -0.349 e. The Morgan fingerprint density at radius 2 is 1.74 bits per heavy atom. The van der Waals surface area contributed by atoms with Crippen molar-refractivity contribution in [3.05, 3.63) is 28.8 Å². The zero-order valence-electron chi connectivity index (χ0n) is 13.3. The van der Waals surface area contributed by atoms with E-state index in [1.165, 1.54) is 37.5 Å². The Morgan fingerprint density at radius 1 is 1.13 bits per heavy atom. The Bertz CT molecular complexity index is 653. The second-order valence-electron chi connectivity index (χ2n) is 6.08. The first kappa shape index (κ1) is 18.1. The molecule has 0 saturated heterocycles. The first-order valence-corrected chi connectivity index (χ1v) is 10.2. The summed E-state index contributed by atoms with van der Waals surface area (Å²) in [7, 11) is -3.39. The van der Waals surface area contributed by atoms with E-state index in [-0.39, 0.29) is 11.9 Å². The van der Waals surface area contributed by atoms with Gasteiger partial charge in [0.1, 0.15) is 0 Å². The number of hydrogen-bond donors (Lipinski definition) is 2. The van der Waals surface area contributed by atoms with Gasteiger partial charge >= 0.3 is 0 Å². The molecule has 0 spiro atoms. The number of sulfonamides is 1. The topological polar surface area (TPSA) is 75.3 Å². The molecule has 0 atom stereocenters. The number of hydrogen-bond acceptors (Lipinski definition) is 3. The Labute approximate surface area is 142 Å². The van der Waals surface area contributed by atoms with E-state index < -0.39 is 10.0 Å². The van der Waals surface area contributed by atoms with Gasteiger partial charge in [0, 0.05) is 11.7 Å². The molecular weight excluding hydrogens is 336 g/mol. The lowest BCUT2D eigenvalue weighted by Gasteiger charge is -2.21. The van der Waals surface area contributed by atoms with E-state index in [9.17, 15) is 13.2 Å². The maximum absolute atomic E-state index is 12.5. The summed E-state index contributed by atoms with van der Waals surface area (Å²) in [5.41, 5.74) is 0.627. The number of anilines is 1. The van der Waals surface area contributed by atoms with E-state index in [0.29, 0.717) is 16.3 Å². The van der Waals surface area contributed by atoms with Gasteiger partial charge in [-0.3, -0.25) is 9.52 Å². The molecule has 5 nitrogen and oxygen atoms in total. The highest BCUT2D eigenvalue weighted by atomic mass is 35.5. The number of carbonyl (C=O) groups is 1. The Balaban J connectivity index is 2.09. The fourth-order valence-corrected chi connectivity index (χ4v) is 3.60. The molecule has 0 radical (unpaired) electrons. The molecule has 2 N–H and O–H groups in total. The van der Waals surface area contributed by atoms with Gasteiger partial charge in [0.05, 0.1) is 16.8 Å². The summed E-state index contributed by atoms with van der Waals surface area (Å²) >= 11 is 6.10. The highest BCUT2D eigenvalue weighted by Crippen LogP contribution is 2.23. The van der Waals surface area contributed by atoms with Crippen molar-refractivity contribution in [1.29, 1.82) is 0 Å². The monoisotopic (exact) mass is 358 g/mol. The molecule has 1 aliphatic rings. The Kier molecular flexibility index (Phi) is 6.30. The molecule has 1 aromatic rings. The van der Waals surface area contributed by atoms with Crippen molar-refractivity contribution in [3.63, 3.8) is 0 Å². The number of nitrogens with one attached hydrogen (secondary N) is 2. The van der Waals surface area contributed by atoms with Crippen LogP contribution in [-0.4, -0.2) is 26.6 Å². The third kappa shape index (κ3) is 6.03. The molecule has 1 fully saturated rings. The van der Waals surface area contributed by atoms with Crippen LogP contribution in [0.15, 0.2) is 18.2 Å². The summed E-state index contributed by atoms with van der Waals surface area (Å²) in [5, 5.41) is 3.35. The molecular formula is C16H23ClN2O3S. The standard InChI is InChI=1S/C16H23ClN2O3S/c1-23(21,22)19-13-9-10-15(17)14(11-13)16(20)18-12-7-5-3-2-4-6-8-12/h9-12,19H,2-8H2,1H3,(H,18,20). The van der Waals surface area contributed by atoms with E-state index in [2.05, 4.69) is 10.0 Å². The highest BCUT2D eigenvalue weighted by molar-refractivity contribution is 7.92. The second kappa shape index (κ2) is 8.02. The van der Waals surface area contributed by atoms with Crippen LogP contribution in [0.25, 0.3) is 0 Å². The van der Waals surface area contributed by atoms with Gasteiger partial charge < -0.3 is 5.32 Å². The lowest BCUT2D eigenvalue weighted by molar-refractivity contribution is 0.0930. The largest absolute Gasteiger partial charge is 0.349 e. The lowest BCUT2D eigenvalue weighted by Crippen LogP contribution is -2.35. The van der Waals surface area contributed by atoms with Gasteiger partial charge in [-0.1, -0.05) is 43.7 Å². The van der Waals surface area contributed by atoms with Crippen molar-refractivity contribution in [2.24, 2.45) is 0 Å². The third-order valence-electron chi connectivity index (χ3n) is 3.95. The zero-order valence-corrected chi connectivity index (χ0v) is 14.8. The molecule has 128 valence electrons. The first-order valence-electron chi connectivity index (χ1n) is 7.93. The van der Waals surface area contributed by atoms with Crippen molar-refractivity contribution in [3.8, 4) is 0 Å². The predicted octanol–water partition coefficient (Wildman–Crippen LogP) is 3.55. The fraction of sp³-hybridized carbons (Fsp3) is 0.562. The summed E-state index contributed by atoms with van der Waals surface area (Å²) in [4.78, 5) is 12.5. The minimum atomic E-state index is -3.39. The van der Waals surface area contributed by atoms with Crippen LogP contribution in [0.2, 0.25) is 5.02 Å². The second-order valence-corrected chi connectivity index (χ2v) is 8.24. The van der Waals surface area contributed by atoms with Crippen molar-refractivity contribution in [2.75, 3.05) is 11.0 Å². The number of amides is 1. The van der Waals surface area contributed by atoms with Crippen molar-refractivity contribution in [1.82, 2.24) is 5.32 Å². The van der Waals surface area contributed by atoms with Crippen LogP contribution in [0.3, 0.4) is 0 Å². The zero-order chi connectivity index (χ0) is 16.9. The van der Waals surface area contributed by atoms with Gasteiger partial charge in [-0.25, -0.2) is 8.42 Å². The predicted molar refractivity (Wildman–Crippen MR) is 93.5 cm³/mol. The molecule has 0 aromatic heterocycles. The van der Waals surface area contributed by atoms with Gasteiger partial charge in [-0.15, -0.1) is 0 Å². The molecule has 1 aliphatic carbocycles. The number of rotatable bonds is 4. The van der Waals surface area contributed by atoms with E-state index in [0.717, 1.165) is 31.9 Å². The molecule has 0 unspecified atom stereocenters. The van der Waals surface area contributed by atoms with Crippen LogP contribution in [0, 0.1) is 0 Å². The summed E-state index contributed by atoms with van der Waals surface area (Å²) in [5.74, 6) is -0.252. The third-order valence-corrected chi connectivity index (χ3v) is 4.89. The van der Waals surface area contributed by atoms with Gasteiger partial charge in [0.15, 0.2) is 0 Å². The van der Waals surface area contributed by atoms with Crippen molar-refractivity contribution >= 4 is 33.2 Å². The van der Waals surface area contributed by atoms with E-state index in [1.807, 2.05) is 0 Å². The summed E-state index contributed by atoms with van der Waals surface area (Å²) < 4.78 is 25.0. The molecule has 0 bridgehead atoms. The molecule has 23 heavy (non-hydrogen) atoms. The van der Waals surface area contributed by atoms with E-state index in [4.69, 9.17) is 11.6 Å². The fourth-order valence-electron chi connectivity index (χ4n) is 2.84. The van der Waals surface area contributed by atoms with Crippen LogP contribution in [0.4, 0.5) is 5.69 Å². The van der Waals surface area contributed by atoms with E-state index >= 15 is 0 Å². The molecule has 1 aromatic carbocycles. The molecule has 7 heteroatoms. The van der Waals surface area contributed by atoms with Gasteiger partial charge in [-0.2, -0.15) is 0 Å². The summed E-state index contributed by atoms with van der Waals surface area (Å²) in [6.07, 6.45) is 8.95. The molecule has 0 aliphatic heterocycles. The quantitative estimate of drug-likeness (QED) is 0.864. The number of benzene rings is 1. The Morgan fingerprint density at radius 3 is 2.35 bits per heavy atom. The molecule has 1 amide bonds. The molecule has 1 saturated carbocycles. The van der Waals surface area contributed by atoms with E-state index in [1.54, 1.807) is 0 Å². The summed E-state index contributed by atoms with van der Waals surface area (Å²) in [6, 6.07) is 4.70. The summed E-state index contributed by atoms with van der Waals surface area (Å²) in [6.45, 7) is 0. The average molecular weight is 359 g/mol. The van der Waals surface area contributed by atoms with Gasteiger partial charge in [-0.05, 0) is 31.0 Å². The molecule has 2 rings (SSSR count). The number of halogens is 1. The average Bonchev–Trinajstić information content (AvgIpc) is 2.42. The van der Waals surface area contributed by atoms with Crippen molar-refractivity contribution < 1.29 is 13.2 Å². The van der Waals surface area contributed by atoms with Gasteiger partial charge in [0.25, 0.3) is 5.91 Å². The van der Waals surface area contributed by atoms with Crippen LogP contribution in [-0.2, 0) is 10.0 Å². The normalized spacial score (nSPS) is 17.1. The maximum atomic E-state index is 12.5. The maximum Gasteiger partial charge on any atom is 0.253 e. The lowest BCUT2D eigenvalue weighted by atomic mass is 9.96. The SMILES string of the molecule is CS(=O)(=O)Nc1ccc(Cl)c(C(=O)NC2CCCCCCC2)c1. The van der Waals surface area contributed by atoms with Crippen molar-refractivity contribution in [2.45, 2.75) is 51.0 Å². The van der Waals surface area contributed by atoms with Crippen LogP contribution in [0.5, 0.6) is 0 Å². The van der Waals surface area contributed by atoms with Crippen LogP contribution in [0.1, 0.15) is 55.3 Å².